The van der Waals surface area contributed by atoms with E-state index in [9.17, 15) is 13.2 Å². The van der Waals surface area contributed by atoms with Crippen molar-refractivity contribution in [3.8, 4) is 0 Å². The molecule has 0 radical (unpaired) electrons. The molecule has 0 atom stereocenters. The standard InChI is InChI=1S/C26H27Cl2N3O3S/c1-20-10-12-22(13-11-20)35(33,34)31(18-23-24(27)8-5-9-25(23)28)19-26(32)30-16-14-29(15-17-30)21-6-3-2-4-7-21/h2-13H,14-19H2,1H3. The average molecular weight is 532 g/mol. The SMILES string of the molecule is Cc1ccc(S(=O)(=O)N(CC(=O)N2CCN(c3ccccc3)CC2)Cc2c(Cl)cccc2Cl)cc1. The number of halogens is 2. The topological polar surface area (TPSA) is 60.9 Å². The molecule has 3 aromatic carbocycles. The molecule has 0 saturated carbocycles. The molecule has 35 heavy (non-hydrogen) atoms. The van der Waals surface area contributed by atoms with Crippen LogP contribution < -0.4 is 4.90 Å². The number of anilines is 1. The fourth-order valence-electron chi connectivity index (χ4n) is 4.05. The maximum Gasteiger partial charge on any atom is 0.243 e. The second-order valence-electron chi connectivity index (χ2n) is 8.49. The zero-order valence-corrected chi connectivity index (χ0v) is 21.7. The van der Waals surface area contributed by atoms with Crippen molar-refractivity contribution in [1.82, 2.24) is 9.21 Å². The number of carbonyl (C=O) groups is 1. The van der Waals surface area contributed by atoms with Crippen molar-refractivity contribution >= 4 is 44.8 Å². The first-order chi connectivity index (χ1) is 16.8. The number of piperazine rings is 1. The number of benzene rings is 3. The van der Waals surface area contributed by atoms with Crippen molar-refractivity contribution in [2.75, 3.05) is 37.6 Å². The van der Waals surface area contributed by atoms with Gasteiger partial charge in [-0.05, 0) is 43.3 Å². The predicted octanol–water partition coefficient (Wildman–Crippen LogP) is 4.84. The summed E-state index contributed by atoms with van der Waals surface area (Å²) in [5.74, 6) is -0.253. The van der Waals surface area contributed by atoms with E-state index in [1.54, 1.807) is 47.4 Å². The molecule has 0 spiro atoms. The van der Waals surface area contributed by atoms with Gasteiger partial charge in [0.2, 0.25) is 15.9 Å². The highest BCUT2D eigenvalue weighted by Crippen LogP contribution is 2.28. The maximum absolute atomic E-state index is 13.6. The van der Waals surface area contributed by atoms with Crippen molar-refractivity contribution < 1.29 is 13.2 Å². The third-order valence-corrected chi connectivity index (χ3v) is 8.63. The number of hydrogen-bond donors (Lipinski definition) is 0. The lowest BCUT2D eigenvalue weighted by molar-refractivity contribution is -0.131. The van der Waals surface area contributed by atoms with Crippen molar-refractivity contribution in [1.29, 1.82) is 0 Å². The summed E-state index contributed by atoms with van der Waals surface area (Å²) >= 11 is 12.7. The van der Waals surface area contributed by atoms with E-state index in [1.807, 2.05) is 37.3 Å². The van der Waals surface area contributed by atoms with E-state index >= 15 is 0 Å². The number of nitrogens with zero attached hydrogens (tertiary/aromatic N) is 3. The molecule has 4 rings (SSSR count). The van der Waals surface area contributed by atoms with Crippen molar-refractivity contribution in [3.05, 3.63) is 94.0 Å². The van der Waals surface area contributed by atoms with Gasteiger partial charge in [-0.15, -0.1) is 0 Å². The Hall–Kier alpha value is -2.58. The zero-order valence-electron chi connectivity index (χ0n) is 19.4. The Balaban J connectivity index is 1.54. The molecule has 0 N–H and O–H groups in total. The molecule has 184 valence electrons. The fourth-order valence-corrected chi connectivity index (χ4v) is 5.92. The third-order valence-electron chi connectivity index (χ3n) is 6.12. The first-order valence-corrected chi connectivity index (χ1v) is 13.5. The summed E-state index contributed by atoms with van der Waals surface area (Å²) < 4.78 is 28.3. The smallest absolute Gasteiger partial charge is 0.243 e. The Labute approximate surface area is 216 Å². The van der Waals surface area contributed by atoms with E-state index in [-0.39, 0.29) is 23.9 Å². The van der Waals surface area contributed by atoms with Gasteiger partial charge >= 0.3 is 0 Å². The molecule has 1 heterocycles. The Morgan fingerprint density at radius 1 is 0.857 bits per heavy atom. The number of sulfonamides is 1. The highest BCUT2D eigenvalue weighted by molar-refractivity contribution is 7.89. The van der Waals surface area contributed by atoms with E-state index in [0.717, 1.165) is 15.6 Å². The van der Waals surface area contributed by atoms with Gasteiger partial charge in [0.25, 0.3) is 0 Å². The van der Waals surface area contributed by atoms with Crippen LogP contribution in [0.25, 0.3) is 0 Å². The van der Waals surface area contributed by atoms with Crippen LogP contribution in [0, 0.1) is 6.92 Å². The van der Waals surface area contributed by atoms with Crippen LogP contribution in [0.15, 0.2) is 77.7 Å². The molecular weight excluding hydrogens is 505 g/mol. The summed E-state index contributed by atoms with van der Waals surface area (Å²) in [6.45, 7) is 3.86. The number of carbonyl (C=O) groups excluding carboxylic acids is 1. The molecule has 0 aliphatic carbocycles. The van der Waals surface area contributed by atoms with Gasteiger partial charge in [-0.1, -0.05) is 65.2 Å². The lowest BCUT2D eigenvalue weighted by atomic mass is 10.2. The number of rotatable bonds is 7. The van der Waals surface area contributed by atoms with E-state index in [1.165, 1.54) is 0 Å². The van der Waals surface area contributed by atoms with Crippen LogP contribution in [0.3, 0.4) is 0 Å². The van der Waals surface area contributed by atoms with Gasteiger partial charge in [-0.25, -0.2) is 8.42 Å². The molecule has 9 heteroatoms. The maximum atomic E-state index is 13.6. The van der Waals surface area contributed by atoms with Crippen LogP contribution in [0.5, 0.6) is 0 Å². The molecule has 0 unspecified atom stereocenters. The van der Waals surface area contributed by atoms with Gasteiger partial charge in [0.15, 0.2) is 0 Å². The number of hydrogen-bond acceptors (Lipinski definition) is 4. The zero-order chi connectivity index (χ0) is 25.0. The monoisotopic (exact) mass is 531 g/mol. The van der Waals surface area contributed by atoms with Crippen LogP contribution in [-0.2, 0) is 21.4 Å². The van der Waals surface area contributed by atoms with Crippen molar-refractivity contribution in [3.63, 3.8) is 0 Å². The molecular formula is C26H27Cl2N3O3S. The molecule has 1 saturated heterocycles. The fraction of sp³-hybridized carbons (Fsp3) is 0.269. The summed E-state index contributed by atoms with van der Waals surface area (Å²) in [7, 11) is -3.98. The molecule has 1 fully saturated rings. The van der Waals surface area contributed by atoms with Gasteiger partial charge in [0.05, 0.1) is 11.4 Å². The second-order valence-corrected chi connectivity index (χ2v) is 11.2. The molecule has 0 bridgehead atoms. The molecule has 1 amide bonds. The molecule has 1 aliphatic rings. The summed E-state index contributed by atoms with van der Waals surface area (Å²) in [5, 5.41) is 0.705. The minimum absolute atomic E-state index is 0.107. The van der Waals surface area contributed by atoms with Crippen LogP contribution in [0.1, 0.15) is 11.1 Å². The highest BCUT2D eigenvalue weighted by Gasteiger charge is 2.31. The molecule has 3 aromatic rings. The Morgan fingerprint density at radius 2 is 1.46 bits per heavy atom. The quantitative estimate of drug-likeness (QED) is 0.437. The molecule has 6 nitrogen and oxygen atoms in total. The van der Waals surface area contributed by atoms with Crippen molar-refractivity contribution in [2.24, 2.45) is 0 Å². The van der Waals surface area contributed by atoms with Gasteiger partial charge in [-0.3, -0.25) is 4.79 Å². The van der Waals surface area contributed by atoms with Gasteiger partial charge in [-0.2, -0.15) is 4.31 Å². The molecule has 0 aromatic heterocycles. The first kappa shape index (κ1) is 25.5. The average Bonchev–Trinajstić information content (AvgIpc) is 2.86. The third kappa shape index (κ3) is 5.98. The highest BCUT2D eigenvalue weighted by atomic mass is 35.5. The first-order valence-electron chi connectivity index (χ1n) is 11.3. The van der Waals surface area contributed by atoms with Gasteiger partial charge in [0.1, 0.15) is 0 Å². The van der Waals surface area contributed by atoms with E-state index in [0.29, 0.717) is 41.8 Å². The minimum atomic E-state index is -3.98. The van der Waals surface area contributed by atoms with Crippen LogP contribution in [-0.4, -0.2) is 56.3 Å². The minimum Gasteiger partial charge on any atom is -0.368 e. The lowest BCUT2D eigenvalue weighted by Crippen LogP contribution is -2.51. The molecule has 1 aliphatic heterocycles. The Morgan fingerprint density at radius 3 is 2.06 bits per heavy atom. The summed E-state index contributed by atoms with van der Waals surface area (Å²) in [6.07, 6.45) is 0. The lowest BCUT2D eigenvalue weighted by Gasteiger charge is -2.37. The normalized spacial score (nSPS) is 14.4. The van der Waals surface area contributed by atoms with E-state index in [4.69, 9.17) is 23.2 Å². The summed E-state index contributed by atoms with van der Waals surface area (Å²) in [5.41, 5.74) is 2.52. The Bertz CT molecular complexity index is 1260. The Kier molecular flexibility index (Phi) is 8.02. The summed E-state index contributed by atoms with van der Waals surface area (Å²) in [6, 6.07) is 21.6. The largest absolute Gasteiger partial charge is 0.368 e. The van der Waals surface area contributed by atoms with E-state index < -0.39 is 10.0 Å². The van der Waals surface area contributed by atoms with E-state index in [2.05, 4.69) is 4.90 Å². The second kappa shape index (κ2) is 11.0. The van der Waals surface area contributed by atoms with Crippen LogP contribution >= 0.6 is 23.2 Å². The van der Waals surface area contributed by atoms with Crippen LogP contribution in [0.2, 0.25) is 10.0 Å². The summed E-state index contributed by atoms with van der Waals surface area (Å²) in [4.78, 5) is 17.3. The predicted molar refractivity (Wildman–Crippen MR) is 140 cm³/mol. The van der Waals surface area contributed by atoms with Crippen LogP contribution in [0.4, 0.5) is 5.69 Å². The number of aryl methyl sites for hydroxylation is 1. The van der Waals surface area contributed by atoms with Gasteiger partial charge in [0, 0.05) is 54.0 Å². The number of amides is 1. The van der Waals surface area contributed by atoms with Gasteiger partial charge < -0.3 is 9.80 Å². The number of para-hydroxylation sites is 1. The van der Waals surface area contributed by atoms with Crippen molar-refractivity contribution in [2.45, 2.75) is 18.4 Å².